The first-order valence-electron chi connectivity index (χ1n) is 4.67. The van der Waals surface area contributed by atoms with Crippen molar-refractivity contribution in [3.63, 3.8) is 0 Å². The van der Waals surface area contributed by atoms with E-state index in [-0.39, 0.29) is 5.82 Å². The molecule has 0 bridgehead atoms. The number of rotatable bonds is 2. The third kappa shape index (κ3) is 2.19. The van der Waals surface area contributed by atoms with Crippen LogP contribution in [0.25, 0.3) is 11.3 Å². The van der Waals surface area contributed by atoms with E-state index in [1.165, 1.54) is 6.07 Å². The van der Waals surface area contributed by atoms with Crippen molar-refractivity contribution in [1.29, 1.82) is 0 Å². The van der Waals surface area contributed by atoms with Crippen LogP contribution in [0.1, 0.15) is 0 Å². The van der Waals surface area contributed by atoms with Crippen LogP contribution in [0.15, 0.2) is 34.8 Å². The third-order valence-corrected chi connectivity index (χ3v) is 2.62. The Labute approximate surface area is 101 Å². The van der Waals surface area contributed by atoms with E-state index in [4.69, 9.17) is 0 Å². The summed E-state index contributed by atoms with van der Waals surface area (Å²) < 4.78 is 14.3. The molecule has 1 aromatic heterocycles. The topological polar surface area (TPSA) is 37.8 Å². The average molecular weight is 282 g/mol. The molecule has 1 N–H and O–H groups in total. The lowest BCUT2D eigenvalue weighted by atomic mass is 10.1. The molecular formula is C11H9BrFN3. The molecule has 0 saturated heterocycles. The molecule has 0 unspecified atom stereocenters. The van der Waals surface area contributed by atoms with Crippen molar-refractivity contribution in [3.8, 4) is 11.3 Å². The molecule has 2 rings (SSSR count). The largest absolute Gasteiger partial charge is 0.372 e. The Morgan fingerprint density at radius 1 is 1.19 bits per heavy atom. The van der Waals surface area contributed by atoms with E-state index in [0.29, 0.717) is 21.5 Å². The number of nitrogens with zero attached hydrogens (tertiary/aromatic N) is 2. The number of halogens is 2. The molecule has 0 fully saturated rings. The second-order valence-corrected chi connectivity index (χ2v) is 4.09. The normalized spacial score (nSPS) is 10.2. The summed E-state index contributed by atoms with van der Waals surface area (Å²) >= 11 is 3.21. The molecule has 16 heavy (non-hydrogen) atoms. The summed E-state index contributed by atoms with van der Waals surface area (Å²) in [5.41, 5.74) is 0.961. The van der Waals surface area contributed by atoms with Gasteiger partial charge in [0.05, 0.1) is 5.69 Å². The van der Waals surface area contributed by atoms with Gasteiger partial charge in [-0.05, 0) is 30.3 Å². The van der Waals surface area contributed by atoms with Crippen molar-refractivity contribution in [3.05, 3.63) is 40.6 Å². The van der Waals surface area contributed by atoms with Crippen molar-refractivity contribution in [2.45, 2.75) is 0 Å². The molecule has 82 valence electrons. The minimum Gasteiger partial charge on any atom is -0.372 e. The van der Waals surface area contributed by atoms with E-state index in [2.05, 4.69) is 31.4 Å². The first-order chi connectivity index (χ1) is 7.70. The van der Waals surface area contributed by atoms with E-state index in [9.17, 15) is 4.39 Å². The van der Waals surface area contributed by atoms with Gasteiger partial charge in [-0.1, -0.05) is 15.9 Å². The van der Waals surface area contributed by atoms with Crippen LogP contribution in [0.3, 0.4) is 0 Å². The number of hydrogen-bond donors (Lipinski definition) is 1. The Morgan fingerprint density at radius 2 is 2.00 bits per heavy atom. The lowest BCUT2D eigenvalue weighted by Crippen LogP contribution is -1.96. The molecular weight excluding hydrogens is 273 g/mol. The highest BCUT2D eigenvalue weighted by molar-refractivity contribution is 9.10. The Balaban J connectivity index is 2.42. The molecule has 2 aromatic rings. The van der Waals surface area contributed by atoms with Crippen LogP contribution in [-0.4, -0.2) is 17.2 Å². The minimum atomic E-state index is -0.319. The number of aromatic nitrogens is 2. The van der Waals surface area contributed by atoms with Gasteiger partial charge in [0.25, 0.3) is 0 Å². The van der Waals surface area contributed by atoms with E-state index in [1.54, 1.807) is 31.3 Å². The van der Waals surface area contributed by atoms with Crippen LogP contribution in [0.4, 0.5) is 10.2 Å². The molecule has 0 aliphatic heterocycles. The molecule has 1 heterocycles. The van der Waals surface area contributed by atoms with E-state index in [1.807, 2.05) is 0 Å². The van der Waals surface area contributed by atoms with Crippen LogP contribution < -0.4 is 5.32 Å². The summed E-state index contributed by atoms with van der Waals surface area (Å²) in [6.07, 6.45) is 0. The van der Waals surface area contributed by atoms with E-state index < -0.39 is 0 Å². The van der Waals surface area contributed by atoms with Crippen molar-refractivity contribution in [1.82, 2.24) is 10.2 Å². The summed E-state index contributed by atoms with van der Waals surface area (Å²) in [6, 6.07) is 8.33. The highest BCUT2D eigenvalue weighted by atomic mass is 79.9. The summed E-state index contributed by atoms with van der Waals surface area (Å²) in [5.74, 6) is 0.335. The Morgan fingerprint density at radius 3 is 2.56 bits per heavy atom. The smallest absolute Gasteiger partial charge is 0.148 e. The van der Waals surface area contributed by atoms with Crippen molar-refractivity contribution in [2.75, 3.05) is 12.4 Å². The van der Waals surface area contributed by atoms with Gasteiger partial charge in [-0.2, -0.15) is 0 Å². The highest BCUT2D eigenvalue weighted by Crippen LogP contribution is 2.23. The van der Waals surface area contributed by atoms with E-state index in [0.717, 1.165) is 0 Å². The number of benzene rings is 1. The molecule has 0 amide bonds. The monoisotopic (exact) mass is 281 g/mol. The third-order valence-electron chi connectivity index (χ3n) is 2.13. The fourth-order valence-corrected chi connectivity index (χ4v) is 1.64. The zero-order valence-corrected chi connectivity index (χ0v) is 10.1. The van der Waals surface area contributed by atoms with Crippen LogP contribution in [-0.2, 0) is 0 Å². The lowest BCUT2D eigenvalue weighted by molar-refractivity contribution is 0.629. The van der Waals surface area contributed by atoms with Crippen LogP contribution in [0, 0.1) is 5.82 Å². The lowest BCUT2D eigenvalue weighted by Gasteiger charge is -2.03. The predicted octanol–water partition coefficient (Wildman–Crippen LogP) is 3.09. The molecule has 0 aliphatic rings. The Bertz CT molecular complexity index is 499. The minimum absolute atomic E-state index is 0.319. The maximum Gasteiger partial charge on any atom is 0.148 e. The zero-order valence-electron chi connectivity index (χ0n) is 8.54. The predicted molar refractivity (Wildman–Crippen MR) is 64.7 cm³/mol. The standard InChI is InChI=1S/C11H9BrFN3/c1-14-11-5-4-10(15-16-11)8-3-2-7(12)6-9(8)13/h2-6H,1H3,(H,14,16). The molecule has 3 nitrogen and oxygen atoms in total. The fraction of sp³-hybridized carbons (Fsp3) is 0.0909. The van der Waals surface area contributed by atoms with Crippen LogP contribution in [0.5, 0.6) is 0 Å². The number of nitrogens with one attached hydrogen (secondary N) is 1. The summed E-state index contributed by atoms with van der Waals surface area (Å²) in [4.78, 5) is 0. The van der Waals surface area contributed by atoms with Gasteiger partial charge in [0.2, 0.25) is 0 Å². The quantitative estimate of drug-likeness (QED) is 0.919. The summed E-state index contributed by atoms with van der Waals surface area (Å²) in [6.45, 7) is 0. The SMILES string of the molecule is CNc1ccc(-c2ccc(Br)cc2F)nn1. The molecule has 5 heteroatoms. The fourth-order valence-electron chi connectivity index (χ4n) is 1.31. The van der Waals surface area contributed by atoms with Gasteiger partial charge >= 0.3 is 0 Å². The van der Waals surface area contributed by atoms with Crippen molar-refractivity contribution < 1.29 is 4.39 Å². The number of hydrogen-bond acceptors (Lipinski definition) is 3. The highest BCUT2D eigenvalue weighted by Gasteiger charge is 2.07. The summed E-state index contributed by atoms with van der Waals surface area (Å²) in [5, 5.41) is 10.7. The Hall–Kier alpha value is -1.49. The maximum absolute atomic E-state index is 13.6. The van der Waals surface area contributed by atoms with Gasteiger partial charge in [-0.3, -0.25) is 0 Å². The van der Waals surface area contributed by atoms with Crippen molar-refractivity contribution in [2.24, 2.45) is 0 Å². The van der Waals surface area contributed by atoms with Crippen LogP contribution in [0.2, 0.25) is 0 Å². The van der Waals surface area contributed by atoms with Crippen molar-refractivity contribution >= 4 is 21.7 Å². The molecule has 0 spiro atoms. The van der Waals surface area contributed by atoms with E-state index >= 15 is 0 Å². The van der Waals surface area contributed by atoms with Gasteiger partial charge in [0.1, 0.15) is 11.6 Å². The number of anilines is 1. The van der Waals surface area contributed by atoms with Crippen LogP contribution >= 0.6 is 15.9 Å². The molecule has 0 aliphatic carbocycles. The first kappa shape index (κ1) is 11.0. The average Bonchev–Trinajstić information content (AvgIpc) is 2.29. The van der Waals surface area contributed by atoms with Gasteiger partial charge < -0.3 is 5.32 Å². The second-order valence-electron chi connectivity index (χ2n) is 3.18. The molecule has 0 saturated carbocycles. The molecule has 1 aromatic carbocycles. The van der Waals surface area contributed by atoms with Gasteiger partial charge in [0, 0.05) is 17.1 Å². The zero-order chi connectivity index (χ0) is 11.5. The van der Waals surface area contributed by atoms with Gasteiger partial charge in [0.15, 0.2) is 0 Å². The summed E-state index contributed by atoms with van der Waals surface area (Å²) in [7, 11) is 1.75. The molecule has 0 radical (unpaired) electrons. The first-order valence-corrected chi connectivity index (χ1v) is 5.47. The molecule has 0 atom stereocenters. The van der Waals surface area contributed by atoms with Gasteiger partial charge in [-0.25, -0.2) is 4.39 Å². The second kappa shape index (κ2) is 4.57. The Kier molecular flexibility index (Phi) is 3.14. The van der Waals surface area contributed by atoms with Gasteiger partial charge in [-0.15, -0.1) is 10.2 Å². The maximum atomic E-state index is 13.6.